The number of nitrogens with one attached hydrogen (secondary N) is 1. The van der Waals surface area contributed by atoms with Gasteiger partial charge in [0.15, 0.2) is 0 Å². The summed E-state index contributed by atoms with van der Waals surface area (Å²) in [5.74, 6) is 0. The first kappa shape index (κ1) is 17.7. The molecule has 0 radical (unpaired) electrons. The van der Waals surface area contributed by atoms with Crippen molar-refractivity contribution in [3.8, 4) is 16.8 Å². The molecular formula is C22H19N3O3. The van der Waals surface area contributed by atoms with Gasteiger partial charge in [0.25, 0.3) is 11.0 Å². The van der Waals surface area contributed by atoms with Gasteiger partial charge in [0, 0.05) is 18.4 Å². The molecule has 0 saturated carbocycles. The number of rotatable bonds is 4. The second kappa shape index (κ2) is 6.49. The van der Waals surface area contributed by atoms with Gasteiger partial charge >= 0.3 is 0 Å². The Bertz CT molecular complexity index is 1300. The Labute approximate surface area is 161 Å². The lowest BCUT2D eigenvalue weighted by molar-refractivity contribution is 0.630. The van der Waals surface area contributed by atoms with Gasteiger partial charge in [-0.25, -0.2) is 4.68 Å². The van der Waals surface area contributed by atoms with Crippen LogP contribution >= 0.6 is 0 Å². The van der Waals surface area contributed by atoms with Gasteiger partial charge in [0.2, 0.25) is 5.43 Å². The minimum absolute atomic E-state index is 0.151. The second-order valence-electron chi connectivity index (χ2n) is 6.84. The molecule has 0 saturated heterocycles. The van der Waals surface area contributed by atoms with Gasteiger partial charge in [-0.3, -0.25) is 19.1 Å². The van der Waals surface area contributed by atoms with E-state index in [2.05, 4.69) is 5.32 Å². The first-order chi connectivity index (χ1) is 13.4. The summed E-state index contributed by atoms with van der Waals surface area (Å²) < 4.78 is 3.19. The number of para-hydroxylation sites is 1. The molecule has 0 bridgehead atoms. The lowest BCUT2D eigenvalue weighted by Gasteiger charge is -2.12. The quantitative estimate of drug-likeness (QED) is 0.558. The van der Waals surface area contributed by atoms with Crippen LogP contribution in [0.5, 0.6) is 0 Å². The van der Waals surface area contributed by atoms with Crippen LogP contribution in [-0.2, 0) is 7.05 Å². The van der Waals surface area contributed by atoms with Crippen LogP contribution in [0.2, 0.25) is 0 Å². The number of aromatic nitrogens is 2. The molecule has 0 amide bonds. The Hall–Kier alpha value is -3.67. The van der Waals surface area contributed by atoms with E-state index in [1.165, 1.54) is 4.68 Å². The van der Waals surface area contributed by atoms with E-state index in [-0.39, 0.29) is 22.4 Å². The van der Waals surface area contributed by atoms with Crippen LogP contribution < -0.4 is 21.7 Å². The standard InChI is InChI=1S/C22H19N3O3/c1-13-9-11-15(12-10-13)23-19-18(20(26)21(19)27)17-14(2)24(3)25(22(17)28)16-7-5-4-6-8-16/h4-12,23H,1-3H3. The number of hydrogen-bond acceptors (Lipinski definition) is 4. The highest BCUT2D eigenvalue weighted by molar-refractivity contribution is 5.85. The third kappa shape index (κ3) is 2.62. The molecule has 0 aliphatic heterocycles. The monoisotopic (exact) mass is 373 g/mol. The van der Waals surface area contributed by atoms with Crippen molar-refractivity contribution in [2.75, 3.05) is 5.32 Å². The molecule has 0 atom stereocenters. The van der Waals surface area contributed by atoms with Crippen molar-refractivity contribution < 1.29 is 0 Å². The molecule has 6 nitrogen and oxygen atoms in total. The van der Waals surface area contributed by atoms with E-state index < -0.39 is 10.9 Å². The fourth-order valence-electron chi connectivity index (χ4n) is 3.39. The zero-order valence-electron chi connectivity index (χ0n) is 15.8. The Morgan fingerprint density at radius 3 is 2.07 bits per heavy atom. The Morgan fingerprint density at radius 1 is 0.786 bits per heavy atom. The van der Waals surface area contributed by atoms with Crippen molar-refractivity contribution in [1.82, 2.24) is 9.36 Å². The number of anilines is 2. The number of benzene rings is 2. The first-order valence-corrected chi connectivity index (χ1v) is 8.91. The Balaban J connectivity index is 1.87. The van der Waals surface area contributed by atoms with Gasteiger partial charge in [-0.2, -0.15) is 0 Å². The highest BCUT2D eigenvalue weighted by Gasteiger charge is 2.29. The summed E-state index contributed by atoms with van der Waals surface area (Å²) in [4.78, 5) is 37.7. The average Bonchev–Trinajstić information content (AvgIpc) is 2.92. The molecule has 6 heteroatoms. The third-order valence-electron chi connectivity index (χ3n) is 5.04. The molecule has 0 aliphatic carbocycles. The smallest absolute Gasteiger partial charge is 0.279 e. The van der Waals surface area contributed by atoms with Crippen molar-refractivity contribution in [3.05, 3.63) is 96.7 Å². The zero-order valence-corrected chi connectivity index (χ0v) is 15.8. The van der Waals surface area contributed by atoms with E-state index >= 15 is 0 Å². The molecule has 4 rings (SSSR count). The van der Waals surface area contributed by atoms with Crippen LogP contribution in [0, 0.1) is 13.8 Å². The van der Waals surface area contributed by atoms with Crippen molar-refractivity contribution in [2.24, 2.45) is 7.05 Å². The maximum atomic E-state index is 13.2. The summed E-state index contributed by atoms with van der Waals surface area (Å²) in [5, 5.41) is 3.01. The molecule has 1 heterocycles. The fraction of sp³-hybridized carbons (Fsp3) is 0.136. The van der Waals surface area contributed by atoms with Gasteiger partial charge in [0.05, 0.1) is 16.8 Å². The van der Waals surface area contributed by atoms with Gasteiger partial charge in [-0.15, -0.1) is 0 Å². The van der Waals surface area contributed by atoms with E-state index in [1.807, 2.05) is 61.5 Å². The molecular weight excluding hydrogens is 354 g/mol. The molecule has 28 heavy (non-hydrogen) atoms. The van der Waals surface area contributed by atoms with Crippen LogP contribution in [-0.4, -0.2) is 9.36 Å². The molecule has 0 aliphatic rings. The Morgan fingerprint density at radius 2 is 1.43 bits per heavy atom. The maximum absolute atomic E-state index is 13.2. The molecule has 4 aromatic rings. The topological polar surface area (TPSA) is 73.1 Å². The second-order valence-corrected chi connectivity index (χ2v) is 6.84. The highest BCUT2D eigenvalue weighted by Crippen LogP contribution is 2.27. The molecule has 0 unspecified atom stereocenters. The van der Waals surface area contributed by atoms with Crippen molar-refractivity contribution >= 4 is 11.4 Å². The summed E-state index contributed by atoms with van der Waals surface area (Å²) >= 11 is 0. The molecule has 0 spiro atoms. The maximum Gasteiger partial charge on any atom is 0.279 e. The van der Waals surface area contributed by atoms with E-state index in [1.54, 1.807) is 18.7 Å². The first-order valence-electron chi connectivity index (χ1n) is 8.91. The summed E-state index contributed by atoms with van der Waals surface area (Å²) in [7, 11) is 1.76. The van der Waals surface area contributed by atoms with Gasteiger partial charge in [0.1, 0.15) is 5.69 Å². The summed E-state index contributed by atoms with van der Waals surface area (Å²) in [6.07, 6.45) is 0. The van der Waals surface area contributed by atoms with Crippen molar-refractivity contribution in [3.63, 3.8) is 0 Å². The Kier molecular flexibility index (Phi) is 4.11. The predicted molar refractivity (Wildman–Crippen MR) is 111 cm³/mol. The van der Waals surface area contributed by atoms with E-state index in [9.17, 15) is 14.4 Å². The van der Waals surface area contributed by atoms with Gasteiger partial charge in [-0.1, -0.05) is 35.9 Å². The van der Waals surface area contributed by atoms with Crippen molar-refractivity contribution in [2.45, 2.75) is 13.8 Å². The lowest BCUT2D eigenvalue weighted by Crippen LogP contribution is -2.37. The van der Waals surface area contributed by atoms with E-state index in [4.69, 9.17) is 0 Å². The van der Waals surface area contributed by atoms with Crippen LogP contribution in [0.3, 0.4) is 0 Å². The summed E-state index contributed by atoms with van der Waals surface area (Å²) in [5.41, 5.74) is 2.08. The molecule has 0 fully saturated rings. The SMILES string of the molecule is Cc1ccc(Nc2c(-c3c(C)n(C)n(-c4ccccc4)c3=O)c(=O)c2=O)cc1. The molecule has 1 aromatic heterocycles. The van der Waals surface area contributed by atoms with Gasteiger partial charge < -0.3 is 5.32 Å². The molecule has 3 aromatic carbocycles. The lowest BCUT2D eigenvalue weighted by atomic mass is 9.98. The van der Waals surface area contributed by atoms with E-state index in [0.29, 0.717) is 17.1 Å². The highest BCUT2D eigenvalue weighted by atomic mass is 16.2. The van der Waals surface area contributed by atoms with E-state index in [0.717, 1.165) is 5.56 Å². The number of nitrogens with zero attached hydrogens (tertiary/aromatic N) is 2. The number of hydrogen-bond donors (Lipinski definition) is 1. The van der Waals surface area contributed by atoms with Crippen LogP contribution in [0.4, 0.5) is 11.4 Å². The van der Waals surface area contributed by atoms with Crippen LogP contribution in [0.1, 0.15) is 11.3 Å². The predicted octanol–water partition coefficient (Wildman–Crippen LogP) is 2.80. The van der Waals surface area contributed by atoms with Gasteiger partial charge in [-0.05, 0) is 38.1 Å². The largest absolute Gasteiger partial charge is 0.352 e. The van der Waals surface area contributed by atoms with Crippen molar-refractivity contribution in [1.29, 1.82) is 0 Å². The number of aryl methyl sites for hydroxylation is 1. The molecule has 140 valence electrons. The average molecular weight is 373 g/mol. The van der Waals surface area contributed by atoms with Crippen LogP contribution in [0.25, 0.3) is 16.8 Å². The summed E-state index contributed by atoms with van der Waals surface area (Å²) in [6, 6.07) is 16.7. The third-order valence-corrected chi connectivity index (χ3v) is 5.04. The minimum Gasteiger partial charge on any atom is -0.352 e. The zero-order chi connectivity index (χ0) is 20.0. The molecule has 1 N–H and O–H groups in total. The normalized spacial score (nSPS) is 11.1. The fourth-order valence-corrected chi connectivity index (χ4v) is 3.39. The summed E-state index contributed by atoms with van der Waals surface area (Å²) in [6.45, 7) is 3.73. The van der Waals surface area contributed by atoms with Crippen LogP contribution in [0.15, 0.2) is 69.0 Å². The minimum atomic E-state index is -0.638.